The number of hydrogen-bond donors (Lipinski definition) is 0. The van der Waals surface area contributed by atoms with E-state index in [1.54, 1.807) is 13.0 Å². The average Bonchev–Trinajstić information content (AvgIpc) is 2.70. The molecule has 30 heavy (non-hydrogen) atoms. The van der Waals surface area contributed by atoms with Crippen LogP contribution in [0.3, 0.4) is 0 Å². The molecule has 0 amide bonds. The van der Waals surface area contributed by atoms with Gasteiger partial charge in [-0.3, -0.25) is 4.31 Å². The Balaban J connectivity index is 2.25. The van der Waals surface area contributed by atoms with Crippen molar-refractivity contribution in [1.82, 2.24) is 0 Å². The summed E-state index contributed by atoms with van der Waals surface area (Å²) in [7, 11) is -4.24. The first-order valence-corrected chi connectivity index (χ1v) is 12.0. The van der Waals surface area contributed by atoms with Crippen LogP contribution in [0.4, 0.5) is 14.5 Å². The summed E-state index contributed by atoms with van der Waals surface area (Å²) in [5.41, 5.74) is 2.18. The maximum atomic E-state index is 14.7. The maximum Gasteiger partial charge on any atom is 0.264 e. The van der Waals surface area contributed by atoms with Crippen molar-refractivity contribution in [3.05, 3.63) is 94.0 Å². The zero-order valence-corrected chi connectivity index (χ0v) is 19.4. The summed E-state index contributed by atoms with van der Waals surface area (Å²) in [5, 5.41) is 0.847. The SMILES string of the molecule is Cc1ccc([C@@H](C)N(c2cc(F)ccc2F)S(=O)(=O)c2ccc(Cl)cc2)c(CBr)c1. The minimum atomic E-state index is -4.24. The minimum absolute atomic E-state index is 0.0742. The molecule has 0 N–H and O–H groups in total. The maximum absolute atomic E-state index is 14.7. The predicted octanol–water partition coefficient (Wildman–Crippen LogP) is 6.78. The fraction of sp³-hybridized carbons (Fsp3) is 0.182. The molecule has 0 bridgehead atoms. The Morgan fingerprint density at radius 3 is 2.33 bits per heavy atom. The normalized spacial score (nSPS) is 12.6. The Morgan fingerprint density at radius 2 is 1.70 bits per heavy atom. The Morgan fingerprint density at radius 1 is 1.03 bits per heavy atom. The van der Waals surface area contributed by atoms with Crippen molar-refractivity contribution in [3.8, 4) is 0 Å². The van der Waals surface area contributed by atoms with E-state index < -0.39 is 27.7 Å². The van der Waals surface area contributed by atoms with E-state index in [4.69, 9.17) is 11.6 Å². The van der Waals surface area contributed by atoms with Gasteiger partial charge in [0, 0.05) is 16.4 Å². The number of halogens is 4. The van der Waals surface area contributed by atoms with E-state index in [9.17, 15) is 17.2 Å². The van der Waals surface area contributed by atoms with E-state index in [1.165, 1.54) is 24.3 Å². The Labute approximate surface area is 188 Å². The van der Waals surface area contributed by atoms with Gasteiger partial charge in [-0.2, -0.15) is 0 Å². The molecule has 0 saturated heterocycles. The number of anilines is 1. The molecule has 1 atom stereocenters. The molecule has 3 aromatic rings. The zero-order chi connectivity index (χ0) is 22.1. The van der Waals surface area contributed by atoms with E-state index in [1.807, 2.05) is 19.1 Å². The first kappa shape index (κ1) is 22.7. The van der Waals surface area contributed by atoms with Crippen molar-refractivity contribution < 1.29 is 17.2 Å². The second kappa shape index (κ2) is 9.04. The van der Waals surface area contributed by atoms with E-state index >= 15 is 0 Å². The fourth-order valence-electron chi connectivity index (χ4n) is 3.31. The standard InChI is InChI=1S/C22H19BrClF2NO2S/c1-14-3-9-20(16(11-14)13-23)15(2)27(22-12-18(25)6-10-21(22)26)30(28,29)19-7-4-17(24)5-8-19/h3-12,15H,13H2,1-2H3/t15-/m1/s1. The molecule has 3 rings (SSSR count). The summed E-state index contributed by atoms with van der Waals surface area (Å²) in [5.74, 6) is -1.58. The second-order valence-electron chi connectivity index (χ2n) is 6.86. The molecule has 0 unspecified atom stereocenters. The van der Waals surface area contributed by atoms with Gasteiger partial charge in [0.25, 0.3) is 10.0 Å². The van der Waals surface area contributed by atoms with Crippen molar-refractivity contribution in [2.75, 3.05) is 4.31 Å². The average molecular weight is 515 g/mol. The van der Waals surface area contributed by atoms with Crippen LogP contribution in [0.25, 0.3) is 0 Å². The molecular formula is C22H19BrClF2NO2S. The third kappa shape index (κ3) is 4.53. The number of aryl methyl sites for hydroxylation is 1. The van der Waals surface area contributed by atoms with Gasteiger partial charge in [-0.1, -0.05) is 51.3 Å². The van der Waals surface area contributed by atoms with E-state index in [0.29, 0.717) is 15.9 Å². The van der Waals surface area contributed by atoms with Gasteiger partial charge in [0.1, 0.15) is 11.6 Å². The van der Waals surface area contributed by atoms with Gasteiger partial charge in [0.2, 0.25) is 0 Å². The molecule has 0 aliphatic heterocycles. The van der Waals surface area contributed by atoms with Crippen LogP contribution in [0.5, 0.6) is 0 Å². The van der Waals surface area contributed by atoms with E-state index in [0.717, 1.165) is 33.6 Å². The highest BCUT2D eigenvalue weighted by atomic mass is 79.9. The number of alkyl halides is 1. The largest absolute Gasteiger partial charge is 0.264 e. The third-order valence-corrected chi connectivity index (χ3v) is 7.52. The van der Waals surface area contributed by atoms with Gasteiger partial charge in [-0.15, -0.1) is 0 Å². The van der Waals surface area contributed by atoms with E-state index in [-0.39, 0.29) is 10.6 Å². The molecule has 3 aromatic carbocycles. The first-order valence-electron chi connectivity index (χ1n) is 9.05. The topological polar surface area (TPSA) is 37.4 Å². The Bertz CT molecular complexity index is 1170. The van der Waals surface area contributed by atoms with Crippen LogP contribution in [-0.2, 0) is 15.4 Å². The molecule has 0 spiro atoms. The number of benzene rings is 3. The summed E-state index contributed by atoms with van der Waals surface area (Å²) in [6.07, 6.45) is 0. The van der Waals surface area contributed by atoms with Crippen LogP contribution in [0, 0.1) is 18.6 Å². The van der Waals surface area contributed by atoms with Crippen molar-refractivity contribution in [1.29, 1.82) is 0 Å². The smallest absolute Gasteiger partial charge is 0.256 e. The highest BCUT2D eigenvalue weighted by Gasteiger charge is 2.33. The van der Waals surface area contributed by atoms with Gasteiger partial charge in [-0.25, -0.2) is 17.2 Å². The van der Waals surface area contributed by atoms with Crippen LogP contribution in [0.2, 0.25) is 5.02 Å². The molecule has 8 heteroatoms. The number of rotatable bonds is 6. The molecule has 0 heterocycles. The van der Waals surface area contributed by atoms with Gasteiger partial charge < -0.3 is 0 Å². The van der Waals surface area contributed by atoms with Gasteiger partial charge in [-0.05, 0) is 61.4 Å². The minimum Gasteiger partial charge on any atom is -0.256 e. The van der Waals surface area contributed by atoms with Crippen molar-refractivity contribution in [2.45, 2.75) is 30.1 Å². The summed E-state index contributed by atoms with van der Waals surface area (Å²) >= 11 is 9.32. The lowest BCUT2D eigenvalue weighted by Crippen LogP contribution is -2.35. The lowest BCUT2D eigenvalue weighted by Gasteiger charge is -2.32. The summed E-state index contributed by atoms with van der Waals surface area (Å²) < 4.78 is 56.8. The van der Waals surface area contributed by atoms with Gasteiger partial charge >= 0.3 is 0 Å². The second-order valence-corrected chi connectivity index (χ2v) is 9.67. The summed E-state index contributed by atoms with van der Waals surface area (Å²) in [6.45, 7) is 3.57. The Hall–Kier alpha value is -1.96. The number of sulfonamides is 1. The Kier molecular flexibility index (Phi) is 6.84. The summed E-state index contributed by atoms with van der Waals surface area (Å²) in [6, 6.07) is 13.1. The van der Waals surface area contributed by atoms with Gasteiger partial charge in [0.15, 0.2) is 0 Å². The van der Waals surface area contributed by atoms with Crippen LogP contribution >= 0.6 is 27.5 Å². The number of hydrogen-bond acceptors (Lipinski definition) is 2. The highest BCUT2D eigenvalue weighted by Crippen LogP contribution is 2.37. The number of nitrogens with zero attached hydrogens (tertiary/aromatic N) is 1. The van der Waals surface area contributed by atoms with Crippen molar-refractivity contribution >= 4 is 43.2 Å². The predicted molar refractivity (Wildman–Crippen MR) is 120 cm³/mol. The molecule has 158 valence electrons. The van der Waals surface area contributed by atoms with Gasteiger partial charge in [0.05, 0.1) is 16.6 Å². The fourth-order valence-corrected chi connectivity index (χ4v) is 5.55. The lowest BCUT2D eigenvalue weighted by molar-refractivity contribution is 0.570. The van der Waals surface area contributed by atoms with Crippen molar-refractivity contribution in [2.24, 2.45) is 0 Å². The molecule has 0 aromatic heterocycles. The molecular weight excluding hydrogens is 496 g/mol. The quantitative estimate of drug-likeness (QED) is 0.340. The summed E-state index contributed by atoms with van der Waals surface area (Å²) in [4.78, 5) is -0.0742. The van der Waals surface area contributed by atoms with Crippen LogP contribution in [-0.4, -0.2) is 8.42 Å². The molecule has 3 nitrogen and oxygen atoms in total. The highest BCUT2D eigenvalue weighted by molar-refractivity contribution is 9.08. The molecule has 0 aliphatic rings. The molecule has 0 saturated carbocycles. The monoisotopic (exact) mass is 513 g/mol. The van der Waals surface area contributed by atoms with E-state index in [2.05, 4.69) is 15.9 Å². The zero-order valence-electron chi connectivity index (χ0n) is 16.2. The first-order chi connectivity index (χ1) is 14.1. The molecule has 0 radical (unpaired) electrons. The van der Waals surface area contributed by atoms with Crippen LogP contribution in [0.1, 0.15) is 29.7 Å². The lowest BCUT2D eigenvalue weighted by atomic mass is 10.00. The molecule has 0 aliphatic carbocycles. The van der Waals surface area contributed by atoms with Crippen LogP contribution < -0.4 is 4.31 Å². The van der Waals surface area contributed by atoms with Crippen LogP contribution in [0.15, 0.2) is 65.6 Å². The third-order valence-electron chi connectivity index (χ3n) is 4.76. The molecule has 0 fully saturated rings. The van der Waals surface area contributed by atoms with Crippen molar-refractivity contribution in [3.63, 3.8) is 0 Å².